The number of carbonyl (C=O) groups is 1. The molecular formula is C19H23N5O3. The molecule has 0 radical (unpaired) electrons. The van der Waals surface area contributed by atoms with Crippen LogP contribution in [0.25, 0.3) is 11.0 Å². The van der Waals surface area contributed by atoms with Gasteiger partial charge in [0.25, 0.3) is 0 Å². The first-order valence-electron chi connectivity index (χ1n) is 9.28. The van der Waals surface area contributed by atoms with Crippen molar-refractivity contribution in [2.45, 2.75) is 45.3 Å². The minimum absolute atomic E-state index is 0.0987. The fourth-order valence-corrected chi connectivity index (χ4v) is 3.76. The number of benzene rings is 1. The Morgan fingerprint density at radius 3 is 2.96 bits per heavy atom. The molecule has 1 aliphatic heterocycles. The van der Waals surface area contributed by atoms with Crippen LogP contribution in [0.2, 0.25) is 0 Å². The molecule has 0 aliphatic carbocycles. The molecule has 0 saturated carbocycles. The van der Waals surface area contributed by atoms with Gasteiger partial charge in [0.05, 0.1) is 11.0 Å². The van der Waals surface area contributed by atoms with E-state index in [1.165, 1.54) is 0 Å². The number of aliphatic hydroxyl groups is 1. The van der Waals surface area contributed by atoms with Crippen LogP contribution >= 0.6 is 0 Å². The molecule has 1 unspecified atom stereocenters. The van der Waals surface area contributed by atoms with Crippen molar-refractivity contribution in [2.24, 2.45) is 0 Å². The van der Waals surface area contributed by atoms with Crippen LogP contribution in [-0.2, 0) is 17.9 Å². The van der Waals surface area contributed by atoms with Crippen molar-refractivity contribution >= 4 is 16.9 Å². The van der Waals surface area contributed by atoms with Crippen LogP contribution < -0.4 is 0 Å². The lowest BCUT2D eigenvalue weighted by molar-refractivity contribution is -0.132. The Morgan fingerprint density at radius 1 is 1.33 bits per heavy atom. The van der Waals surface area contributed by atoms with Crippen LogP contribution in [0.15, 0.2) is 28.8 Å². The Morgan fingerprint density at radius 2 is 2.19 bits per heavy atom. The highest BCUT2D eigenvalue weighted by molar-refractivity contribution is 5.78. The van der Waals surface area contributed by atoms with Crippen molar-refractivity contribution in [2.75, 3.05) is 13.1 Å². The Balaban J connectivity index is 1.43. The minimum Gasteiger partial charge on any atom is -0.388 e. The lowest BCUT2D eigenvalue weighted by Crippen LogP contribution is -2.39. The van der Waals surface area contributed by atoms with Gasteiger partial charge >= 0.3 is 0 Å². The second kappa shape index (κ2) is 7.48. The molecule has 8 nitrogen and oxygen atoms in total. The molecule has 3 heterocycles. The first-order valence-corrected chi connectivity index (χ1v) is 9.28. The molecule has 0 bridgehead atoms. The largest absolute Gasteiger partial charge is 0.388 e. The van der Waals surface area contributed by atoms with Crippen molar-refractivity contribution in [3.63, 3.8) is 0 Å². The maximum absolute atomic E-state index is 12.8. The summed E-state index contributed by atoms with van der Waals surface area (Å²) in [6, 6.07) is 7.72. The number of hydrogen-bond donors (Lipinski definition) is 1. The number of fused-ring (bicyclic) bond motifs is 1. The summed E-state index contributed by atoms with van der Waals surface area (Å²) >= 11 is 0. The van der Waals surface area contributed by atoms with Gasteiger partial charge in [-0.15, -0.1) is 0 Å². The van der Waals surface area contributed by atoms with Gasteiger partial charge in [0.2, 0.25) is 11.8 Å². The van der Waals surface area contributed by atoms with Gasteiger partial charge in [-0.3, -0.25) is 4.79 Å². The van der Waals surface area contributed by atoms with E-state index in [2.05, 4.69) is 15.1 Å². The highest BCUT2D eigenvalue weighted by Gasteiger charge is 2.27. The number of carbonyl (C=O) groups excluding carboxylic acids is 1. The van der Waals surface area contributed by atoms with Crippen molar-refractivity contribution in [3.05, 3.63) is 41.8 Å². The topological polar surface area (TPSA) is 97.3 Å². The predicted molar refractivity (Wildman–Crippen MR) is 97.9 cm³/mol. The molecule has 1 atom stereocenters. The lowest BCUT2D eigenvalue weighted by atomic mass is 9.97. The third kappa shape index (κ3) is 3.57. The first-order chi connectivity index (χ1) is 13.2. The van der Waals surface area contributed by atoms with Crippen molar-refractivity contribution in [3.8, 4) is 0 Å². The summed E-state index contributed by atoms with van der Waals surface area (Å²) in [6.07, 6.45) is 2.26. The summed E-state index contributed by atoms with van der Waals surface area (Å²) < 4.78 is 7.01. The Bertz CT molecular complexity index is 948. The number of piperidine rings is 1. The highest BCUT2D eigenvalue weighted by Crippen LogP contribution is 2.25. The number of nitrogens with zero attached hydrogens (tertiary/aromatic N) is 5. The van der Waals surface area contributed by atoms with E-state index in [4.69, 9.17) is 4.52 Å². The summed E-state index contributed by atoms with van der Waals surface area (Å²) in [5.74, 6) is 2.05. The molecule has 2 aromatic heterocycles. The summed E-state index contributed by atoms with van der Waals surface area (Å²) in [4.78, 5) is 23.4. The van der Waals surface area contributed by atoms with Crippen molar-refractivity contribution < 1.29 is 14.4 Å². The Hall–Kier alpha value is -2.74. The molecule has 1 N–H and O–H groups in total. The molecule has 8 heteroatoms. The van der Waals surface area contributed by atoms with E-state index in [0.29, 0.717) is 37.0 Å². The number of aromatic nitrogens is 4. The smallest absolute Gasteiger partial charge is 0.224 e. The summed E-state index contributed by atoms with van der Waals surface area (Å²) in [5, 5.41) is 13.6. The van der Waals surface area contributed by atoms with E-state index in [0.717, 1.165) is 30.4 Å². The maximum Gasteiger partial charge on any atom is 0.224 e. The van der Waals surface area contributed by atoms with Crippen LogP contribution in [0.1, 0.15) is 42.7 Å². The molecule has 27 heavy (non-hydrogen) atoms. The van der Waals surface area contributed by atoms with Crippen LogP contribution in [0, 0.1) is 6.92 Å². The van der Waals surface area contributed by atoms with Crippen LogP contribution in [0.3, 0.4) is 0 Å². The summed E-state index contributed by atoms with van der Waals surface area (Å²) in [5.41, 5.74) is 1.77. The van der Waals surface area contributed by atoms with Crippen molar-refractivity contribution in [1.82, 2.24) is 24.6 Å². The number of rotatable bonds is 5. The Labute approximate surface area is 156 Å². The molecule has 4 rings (SSSR count). The molecule has 142 valence electrons. The van der Waals surface area contributed by atoms with Gasteiger partial charge < -0.3 is 19.1 Å². The molecule has 3 aromatic rings. The second-order valence-corrected chi connectivity index (χ2v) is 6.93. The van der Waals surface area contributed by atoms with E-state index in [1.807, 2.05) is 33.7 Å². The number of aryl methyl sites for hydroxylation is 2. The highest BCUT2D eigenvalue weighted by atomic mass is 16.5. The number of imidazole rings is 1. The van der Waals surface area contributed by atoms with Gasteiger partial charge in [0, 0.05) is 38.9 Å². The number of amides is 1. The monoisotopic (exact) mass is 369 g/mol. The van der Waals surface area contributed by atoms with E-state index in [1.54, 1.807) is 6.92 Å². The van der Waals surface area contributed by atoms with Gasteiger partial charge in [-0.1, -0.05) is 17.3 Å². The SMILES string of the molecule is Cc1nc(C2CCCN(C(=O)CCn3c(CO)nc4ccccc43)C2)no1. The zero-order chi connectivity index (χ0) is 18.8. The van der Waals surface area contributed by atoms with Crippen LogP contribution in [0.5, 0.6) is 0 Å². The molecule has 1 aromatic carbocycles. The summed E-state index contributed by atoms with van der Waals surface area (Å²) in [6.45, 7) is 3.50. The third-order valence-corrected chi connectivity index (χ3v) is 5.11. The molecule has 0 spiro atoms. The average molecular weight is 369 g/mol. The predicted octanol–water partition coefficient (Wildman–Crippen LogP) is 2.02. The normalized spacial score (nSPS) is 17.6. The number of likely N-dealkylation sites (tertiary alicyclic amines) is 1. The standard InChI is InChI=1S/C19H23N5O3/c1-13-20-19(22-27-13)14-5-4-9-23(11-14)18(26)8-10-24-16-7-3-2-6-15(16)21-17(24)12-25/h2-3,6-7,14,25H,4-5,8-12H2,1H3. The van der Waals surface area contributed by atoms with Gasteiger partial charge in [0.15, 0.2) is 5.82 Å². The third-order valence-electron chi connectivity index (χ3n) is 5.11. The number of hydrogen-bond acceptors (Lipinski definition) is 6. The number of aliphatic hydroxyl groups excluding tert-OH is 1. The molecular weight excluding hydrogens is 346 g/mol. The zero-order valence-corrected chi connectivity index (χ0v) is 15.3. The summed E-state index contributed by atoms with van der Waals surface area (Å²) in [7, 11) is 0. The van der Waals surface area contributed by atoms with E-state index in [9.17, 15) is 9.90 Å². The van der Waals surface area contributed by atoms with Gasteiger partial charge in [-0.25, -0.2) is 4.98 Å². The van der Waals surface area contributed by atoms with Gasteiger partial charge in [-0.05, 0) is 25.0 Å². The first kappa shape index (κ1) is 17.7. The maximum atomic E-state index is 12.8. The quantitative estimate of drug-likeness (QED) is 0.739. The second-order valence-electron chi connectivity index (χ2n) is 6.93. The molecule has 1 saturated heterocycles. The molecule has 1 aliphatic rings. The fraction of sp³-hybridized carbons (Fsp3) is 0.474. The molecule has 1 amide bonds. The average Bonchev–Trinajstić information content (AvgIpc) is 3.29. The van der Waals surface area contributed by atoms with Crippen molar-refractivity contribution in [1.29, 1.82) is 0 Å². The van der Waals surface area contributed by atoms with Crippen LogP contribution in [-0.4, -0.2) is 48.7 Å². The van der Waals surface area contributed by atoms with Gasteiger partial charge in [0.1, 0.15) is 12.4 Å². The lowest BCUT2D eigenvalue weighted by Gasteiger charge is -2.31. The van der Waals surface area contributed by atoms with Gasteiger partial charge in [-0.2, -0.15) is 4.98 Å². The fourth-order valence-electron chi connectivity index (χ4n) is 3.76. The van der Waals surface area contributed by atoms with E-state index < -0.39 is 0 Å². The van der Waals surface area contributed by atoms with E-state index >= 15 is 0 Å². The minimum atomic E-state index is -0.147. The zero-order valence-electron chi connectivity index (χ0n) is 15.3. The Kier molecular flexibility index (Phi) is 4.89. The van der Waals surface area contributed by atoms with Crippen LogP contribution in [0.4, 0.5) is 0 Å². The molecule has 1 fully saturated rings. The number of para-hydroxylation sites is 2. The van der Waals surface area contributed by atoms with E-state index in [-0.39, 0.29) is 18.4 Å².